The number of aliphatic hydroxyl groups excluding tert-OH is 1. The van der Waals surface area contributed by atoms with Gasteiger partial charge in [-0.25, -0.2) is 8.42 Å². The van der Waals surface area contributed by atoms with Crippen LogP contribution in [0.5, 0.6) is 0 Å². The van der Waals surface area contributed by atoms with E-state index in [9.17, 15) is 13.5 Å². The average Bonchev–Trinajstić information content (AvgIpc) is 2.78. The second-order valence-corrected chi connectivity index (χ2v) is 7.18. The van der Waals surface area contributed by atoms with Crippen LogP contribution in [0.4, 0.5) is 5.69 Å². The molecular formula is C12H17ClN2O3S. The van der Waals surface area contributed by atoms with Crippen LogP contribution in [0.15, 0.2) is 23.1 Å². The number of nitrogen functional groups attached to an aromatic ring is 1. The number of nitrogens with two attached hydrogens (primary N) is 1. The minimum atomic E-state index is -3.61. The van der Waals surface area contributed by atoms with Crippen molar-refractivity contribution in [3.05, 3.63) is 23.2 Å². The first-order valence-electron chi connectivity index (χ1n) is 6.05. The molecule has 19 heavy (non-hydrogen) atoms. The third kappa shape index (κ3) is 2.86. The van der Waals surface area contributed by atoms with Crippen molar-refractivity contribution < 1.29 is 13.5 Å². The smallest absolute Gasteiger partial charge is 0.245 e. The molecule has 0 aromatic heterocycles. The van der Waals surface area contributed by atoms with Gasteiger partial charge < -0.3 is 10.8 Å². The van der Waals surface area contributed by atoms with E-state index >= 15 is 0 Å². The molecule has 1 aromatic rings. The van der Waals surface area contributed by atoms with Gasteiger partial charge >= 0.3 is 0 Å². The lowest BCUT2D eigenvalue weighted by molar-refractivity contribution is 0.133. The molecule has 1 aromatic carbocycles. The van der Waals surface area contributed by atoms with Crippen molar-refractivity contribution in [1.82, 2.24) is 4.31 Å². The summed E-state index contributed by atoms with van der Waals surface area (Å²) >= 11 is 5.77. The molecule has 3 N–H and O–H groups in total. The molecule has 106 valence electrons. The van der Waals surface area contributed by atoms with Gasteiger partial charge in [0.1, 0.15) is 4.90 Å². The number of nitrogens with zero attached hydrogens (tertiary/aromatic N) is 1. The molecule has 1 fully saturated rings. The Morgan fingerprint density at radius 3 is 2.74 bits per heavy atom. The fourth-order valence-electron chi connectivity index (χ4n) is 2.26. The monoisotopic (exact) mass is 304 g/mol. The zero-order valence-electron chi connectivity index (χ0n) is 10.6. The van der Waals surface area contributed by atoms with Crippen molar-refractivity contribution >= 4 is 27.3 Å². The highest BCUT2D eigenvalue weighted by Gasteiger charge is 2.35. The van der Waals surface area contributed by atoms with E-state index < -0.39 is 16.1 Å². The van der Waals surface area contributed by atoms with Crippen LogP contribution in [0, 0.1) is 5.92 Å². The molecule has 5 nitrogen and oxygen atoms in total. The number of rotatable bonds is 3. The Kier molecular flexibility index (Phi) is 4.06. The van der Waals surface area contributed by atoms with Gasteiger partial charge in [-0.15, -0.1) is 0 Å². The number of benzene rings is 1. The lowest BCUT2D eigenvalue weighted by Crippen LogP contribution is -2.31. The summed E-state index contributed by atoms with van der Waals surface area (Å²) in [6.07, 6.45) is 0.146. The van der Waals surface area contributed by atoms with Gasteiger partial charge in [0.25, 0.3) is 0 Å². The van der Waals surface area contributed by atoms with Crippen molar-refractivity contribution in [1.29, 1.82) is 0 Å². The van der Waals surface area contributed by atoms with Crippen molar-refractivity contribution in [3.63, 3.8) is 0 Å². The van der Waals surface area contributed by atoms with Crippen LogP contribution in [-0.4, -0.2) is 37.0 Å². The summed E-state index contributed by atoms with van der Waals surface area (Å²) in [6, 6.07) is 4.35. The van der Waals surface area contributed by atoms with E-state index in [1.165, 1.54) is 22.5 Å². The molecule has 1 heterocycles. The fourth-order valence-corrected chi connectivity index (χ4v) is 4.05. The maximum absolute atomic E-state index is 12.5. The highest BCUT2D eigenvalue weighted by atomic mass is 35.5. The third-order valence-corrected chi connectivity index (χ3v) is 5.63. The lowest BCUT2D eigenvalue weighted by atomic mass is 10.0. The summed E-state index contributed by atoms with van der Waals surface area (Å²) in [6.45, 7) is 2.40. The normalized spacial score (nSPS) is 22.6. The van der Waals surface area contributed by atoms with Crippen LogP contribution in [0.25, 0.3) is 0 Å². The number of halogens is 1. The van der Waals surface area contributed by atoms with Crippen LogP contribution in [-0.2, 0) is 10.0 Å². The Bertz CT molecular complexity index is 574. The first-order chi connectivity index (χ1) is 8.82. The van der Waals surface area contributed by atoms with Crippen molar-refractivity contribution in [2.24, 2.45) is 5.92 Å². The van der Waals surface area contributed by atoms with Crippen molar-refractivity contribution in [2.75, 3.05) is 18.8 Å². The lowest BCUT2D eigenvalue weighted by Gasteiger charge is -2.18. The predicted molar refractivity (Wildman–Crippen MR) is 74.4 cm³/mol. The van der Waals surface area contributed by atoms with E-state index in [0.29, 0.717) is 24.5 Å². The predicted octanol–water partition coefficient (Wildman–Crippen LogP) is 1.31. The fraction of sp³-hybridized carbons (Fsp3) is 0.500. The van der Waals surface area contributed by atoms with E-state index in [0.717, 1.165) is 0 Å². The van der Waals surface area contributed by atoms with Crippen LogP contribution >= 0.6 is 11.6 Å². The summed E-state index contributed by atoms with van der Waals surface area (Å²) in [5.74, 6) is -0.0247. The molecule has 2 unspecified atom stereocenters. The summed E-state index contributed by atoms with van der Waals surface area (Å²) in [5, 5.41) is 9.94. The van der Waals surface area contributed by atoms with Gasteiger partial charge in [0, 0.05) is 18.1 Å². The van der Waals surface area contributed by atoms with Gasteiger partial charge in [0.2, 0.25) is 10.0 Å². The highest BCUT2D eigenvalue weighted by Crippen LogP contribution is 2.30. The number of hydrogen-bond acceptors (Lipinski definition) is 4. The van der Waals surface area contributed by atoms with E-state index in [1.807, 2.05) is 0 Å². The van der Waals surface area contributed by atoms with E-state index in [-0.39, 0.29) is 16.5 Å². The standard InChI is InChI=1S/C12H17ClN2O3S/c1-8(16)9-4-5-15(7-9)19(17,18)12-3-2-10(13)6-11(12)14/h2-3,6,8-9,16H,4-5,7,14H2,1H3. The Labute approximate surface area is 118 Å². The van der Waals surface area contributed by atoms with Gasteiger partial charge in [0.15, 0.2) is 0 Å². The minimum absolute atomic E-state index is 0.0247. The molecule has 2 atom stereocenters. The molecule has 1 aliphatic rings. The van der Waals surface area contributed by atoms with Gasteiger partial charge in [0.05, 0.1) is 11.8 Å². The maximum atomic E-state index is 12.5. The molecule has 0 bridgehead atoms. The van der Waals surface area contributed by atoms with E-state index in [2.05, 4.69) is 0 Å². The average molecular weight is 305 g/mol. The maximum Gasteiger partial charge on any atom is 0.245 e. The Hall–Kier alpha value is -0.820. The SMILES string of the molecule is CC(O)C1CCN(S(=O)(=O)c2ccc(Cl)cc2N)C1. The van der Waals surface area contributed by atoms with Crippen molar-refractivity contribution in [3.8, 4) is 0 Å². The summed E-state index contributed by atoms with van der Waals surface area (Å²) in [5.41, 5.74) is 5.88. The Morgan fingerprint density at radius 1 is 1.53 bits per heavy atom. The Morgan fingerprint density at radius 2 is 2.21 bits per heavy atom. The third-order valence-electron chi connectivity index (χ3n) is 3.46. The van der Waals surface area contributed by atoms with Crippen molar-refractivity contribution in [2.45, 2.75) is 24.3 Å². The Balaban J connectivity index is 2.29. The molecule has 7 heteroatoms. The van der Waals surface area contributed by atoms with E-state index in [4.69, 9.17) is 17.3 Å². The highest BCUT2D eigenvalue weighted by molar-refractivity contribution is 7.89. The molecule has 0 aliphatic carbocycles. The summed E-state index contributed by atoms with van der Waals surface area (Å²) in [7, 11) is -3.61. The summed E-state index contributed by atoms with van der Waals surface area (Å²) < 4.78 is 26.3. The number of anilines is 1. The molecule has 0 spiro atoms. The topological polar surface area (TPSA) is 83.6 Å². The van der Waals surface area contributed by atoms with E-state index in [1.54, 1.807) is 6.92 Å². The van der Waals surface area contributed by atoms with Gasteiger partial charge in [-0.2, -0.15) is 4.31 Å². The first-order valence-corrected chi connectivity index (χ1v) is 7.87. The molecule has 0 radical (unpaired) electrons. The largest absolute Gasteiger partial charge is 0.398 e. The minimum Gasteiger partial charge on any atom is -0.398 e. The first kappa shape index (κ1) is 14.6. The molecular weight excluding hydrogens is 288 g/mol. The number of sulfonamides is 1. The zero-order chi connectivity index (χ0) is 14.2. The number of hydrogen-bond donors (Lipinski definition) is 2. The molecule has 1 saturated heterocycles. The van der Waals surface area contributed by atoms with Gasteiger partial charge in [-0.05, 0) is 37.5 Å². The molecule has 1 aliphatic heterocycles. The molecule has 2 rings (SSSR count). The zero-order valence-corrected chi connectivity index (χ0v) is 12.2. The van der Waals surface area contributed by atoms with Crippen LogP contribution in [0.3, 0.4) is 0 Å². The second kappa shape index (κ2) is 5.28. The van der Waals surface area contributed by atoms with Crippen LogP contribution < -0.4 is 5.73 Å². The van der Waals surface area contributed by atoms with Crippen LogP contribution in [0.1, 0.15) is 13.3 Å². The molecule has 0 amide bonds. The second-order valence-electron chi connectivity index (χ2n) is 4.83. The van der Waals surface area contributed by atoms with Gasteiger partial charge in [-0.1, -0.05) is 11.6 Å². The number of aliphatic hydroxyl groups is 1. The quantitative estimate of drug-likeness (QED) is 0.825. The summed E-state index contributed by atoms with van der Waals surface area (Å²) in [4.78, 5) is 0.0724. The van der Waals surface area contributed by atoms with Gasteiger partial charge in [-0.3, -0.25) is 0 Å². The molecule has 0 saturated carbocycles. The van der Waals surface area contributed by atoms with Crippen LogP contribution in [0.2, 0.25) is 5.02 Å².